The van der Waals surface area contributed by atoms with Crippen LogP contribution in [-0.2, 0) is 39.9 Å². The van der Waals surface area contributed by atoms with Crippen LogP contribution in [0.5, 0.6) is 0 Å². The molecule has 0 N–H and O–H groups in total. The van der Waals surface area contributed by atoms with Gasteiger partial charge in [0.05, 0.1) is 30.0 Å². The number of methoxy groups -OCH3 is 1. The molecular weight excluding hydrogens is 412 g/mol. The lowest BCUT2D eigenvalue weighted by Crippen LogP contribution is -2.44. The highest BCUT2D eigenvalue weighted by Gasteiger charge is 2.50. The monoisotopic (exact) mass is 448 g/mol. The van der Waals surface area contributed by atoms with Crippen molar-refractivity contribution in [2.75, 3.05) is 20.3 Å². The summed E-state index contributed by atoms with van der Waals surface area (Å²) >= 11 is 0. The van der Waals surface area contributed by atoms with Crippen molar-refractivity contribution in [3.8, 4) is 0 Å². The van der Waals surface area contributed by atoms with Gasteiger partial charge in [0.25, 0.3) is 0 Å². The smallest absolute Gasteiger partial charge is 0.311 e. The van der Waals surface area contributed by atoms with Crippen molar-refractivity contribution < 1.29 is 33.3 Å². The van der Waals surface area contributed by atoms with E-state index in [2.05, 4.69) is 0 Å². The van der Waals surface area contributed by atoms with Crippen LogP contribution >= 0.6 is 0 Å². The lowest BCUT2D eigenvalue weighted by atomic mass is 9.65. The molecule has 0 aromatic heterocycles. The summed E-state index contributed by atoms with van der Waals surface area (Å²) in [5.41, 5.74) is -2.11. The van der Waals surface area contributed by atoms with Crippen molar-refractivity contribution in [2.45, 2.75) is 66.6 Å². The van der Waals surface area contributed by atoms with Crippen molar-refractivity contribution in [3.05, 3.63) is 35.9 Å². The average Bonchev–Trinajstić information content (AvgIpc) is 3.59. The van der Waals surface area contributed by atoms with Gasteiger partial charge in [-0.1, -0.05) is 37.3 Å². The zero-order valence-corrected chi connectivity index (χ0v) is 20.1. The van der Waals surface area contributed by atoms with E-state index >= 15 is 0 Å². The molecule has 0 saturated carbocycles. The molecule has 1 aliphatic rings. The molecule has 7 heteroatoms. The Kier molecular flexibility index (Phi) is 8.46. The number of hydrogen-bond donors (Lipinski definition) is 0. The molecule has 0 radical (unpaired) electrons. The van der Waals surface area contributed by atoms with E-state index in [0.717, 1.165) is 5.56 Å². The number of hydrogen-bond acceptors (Lipinski definition) is 7. The molecule has 1 aliphatic heterocycles. The molecule has 3 atom stereocenters. The first-order valence-corrected chi connectivity index (χ1v) is 11.0. The summed E-state index contributed by atoms with van der Waals surface area (Å²) in [5.74, 6) is -1.27. The van der Waals surface area contributed by atoms with E-state index in [0.29, 0.717) is 13.0 Å². The van der Waals surface area contributed by atoms with E-state index in [1.54, 1.807) is 27.7 Å². The minimum absolute atomic E-state index is 0.0785. The maximum Gasteiger partial charge on any atom is 0.311 e. The highest BCUT2D eigenvalue weighted by molar-refractivity contribution is 5.82. The third-order valence-electron chi connectivity index (χ3n) is 6.13. The molecule has 1 heterocycles. The van der Waals surface area contributed by atoms with Gasteiger partial charge in [0.2, 0.25) is 0 Å². The van der Waals surface area contributed by atoms with Crippen LogP contribution in [0.4, 0.5) is 0 Å². The predicted molar refractivity (Wildman–Crippen MR) is 118 cm³/mol. The van der Waals surface area contributed by atoms with E-state index in [9.17, 15) is 14.4 Å². The van der Waals surface area contributed by atoms with Gasteiger partial charge in [-0.25, -0.2) is 0 Å². The normalized spacial score (nSPS) is 19.2. The average molecular weight is 449 g/mol. The molecule has 0 aliphatic carbocycles. The van der Waals surface area contributed by atoms with E-state index in [1.165, 1.54) is 7.11 Å². The van der Waals surface area contributed by atoms with E-state index in [-0.39, 0.29) is 32.2 Å². The van der Waals surface area contributed by atoms with Gasteiger partial charge < -0.3 is 18.9 Å². The van der Waals surface area contributed by atoms with Crippen LogP contribution in [0.25, 0.3) is 0 Å². The topological polar surface area (TPSA) is 91.4 Å². The zero-order chi connectivity index (χ0) is 24.0. The Balaban J connectivity index is 2.19. The van der Waals surface area contributed by atoms with Gasteiger partial charge in [0, 0.05) is 0 Å². The maximum atomic E-state index is 13.2. The summed E-state index contributed by atoms with van der Waals surface area (Å²) in [6, 6.07) is 9.41. The van der Waals surface area contributed by atoms with Crippen molar-refractivity contribution in [3.63, 3.8) is 0 Å². The molecule has 0 bridgehead atoms. The predicted octanol–water partition coefficient (Wildman–Crippen LogP) is 4.07. The van der Waals surface area contributed by atoms with Gasteiger partial charge in [-0.05, 0) is 52.5 Å². The Hall–Kier alpha value is -2.41. The second kappa shape index (κ2) is 10.5. The zero-order valence-electron chi connectivity index (χ0n) is 20.1. The fourth-order valence-electron chi connectivity index (χ4n) is 4.13. The fraction of sp³-hybridized carbons (Fsp3) is 0.640. The summed E-state index contributed by atoms with van der Waals surface area (Å²) in [4.78, 5) is 38.7. The summed E-state index contributed by atoms with van der Waals surface area (Å²) in [7, 11) is 1.33. The fourth-order valence-corrected chi connectivity index (χ4v) is 4.13. The van der Waals surface area contributed by atoms with Crippen LogP contribution in [0.1, 0.15) is 59.4 Å². The highest BCUT2D eigenvalue weighted by Crippen LogP contribution is 2.45. The molecule has 0 spiro atoms. The second-order valence-corrected chi connectivity index (χ2v) is 9.82. The second-order valence-electron chi connectivity index (χ2n) is 9.82. The Morgan fingerprint density at radius 2 is 1.56 bits per heavy atom. The number of rotatable bonds is 12. The number of carbonyl (C=O) groups is 3. The molecule has 1 aromatic carbocycles. The third-order valence-corrected chi connectivity index (χ3v) is 6.13. The minimum atomic E-state index is -1.11. The minimum Gasteiger partial charge on any atom is -0.469 e. The summed E-state index contributed by atoms with van der Waals surface area (Å²) in [6.45, 7) is 9.76. The number of ether oxygens (including phenoxy) is 4. The van der Waals surface area contributed by atoms with Crippen molar-refractivity contribution >= 4 is 17.9 Å². The number of carbonyl (C=O) groups excluding carboxylic acids is 3. The van der Waals surface area contributed by atoms with Crippen LogP contribution < -0.4 is 0 Å². The molecular formula is C25H36O7. The van der Waals surface area contributed by atoms with Crippen LogP contribution in [0.3, 0.4) is 0 Å². The first-order chi connectivity index (χ1) is 15.0. The Bertz CT molecular complexity index is 800. The molecule has 32 heavy (non-hydrogen) atoms. The van der Waals surface area contributed by atoms with Crippen LogP contribution in [0.15, 0.2) is 30.3 Å². The molecule has 1 saturated heterocycles. The molecule has 1 aromatic rings. The molecule has 0 amide bonds. The van der Waals surface area contributed by atoms with E-state index < -0.39 is 34.2 Å². The standard InChI is InChI=1S/C25H36O7/c1-7-24(4,21(27)29-6)17-25(5,22(28)32-15-19-14-30-19)16-23(2,3)20(26)31-13-18-11-9-8-10-12-18/h8-12,19H,7,13-17H2,1-6H3. The van der Waals surface area contributed by atoms with Crippen LogP contribution in [0.2, 0.25) is 0 Å². The molecule has 178 valence electrons. The van der Waals surface area contributed by atoms with Gasteiger partial charge in [0.15, 0.2) is 0 Å². The van der Waals surface area contributed by atoms with Gasteiger partial charge in [0.1, 0.15) is 19.3 Å². The SMILES string of the molecule is CCC(C)(CC(C)(CC(C)(C)C(=O)OCc1ccccc1)C(=O)OCC1CO1)C(=O)OC. The first-order valence-electron chi connectivity index (χ1n) is 11.0. The van der Waals surface area contributed by atoms with Crippen LogP contribution in [-0.4, -0.2) is 44.3 Å². The summed E-state index contributed by atoms with van der Waals surface area (Å²) < 4.78 is 21.2. The van der Waals surface area contributed by atoms with E-state index in [1.807, 2.05) is 37.3 Å². The van der Waals surface area contributed by atoms with Gasteiger partial charge in [-0.15, -0.1) is 0 Å². The van der Waals surface area contributed by atoms with Gasteiger partial charge >= 0.3 is 17.9 Å². The number of epoxide rings is 1. The molecule has 3 unspecified atom stereocenters. The first kappa shape index (κ1) is 25.8. The maximum absolute atomic E-state index is 13.2. The molecule has 7 nitrogen and oxygen atoms in total. The number of benzene rings is 1. The largest absolute Gasteiger partial charge is 0.469 e. The number of esters is 3. The summed E-state index contributed by atoms with van der Waals surface area (Å²) in [5, 5.41) is 0. The van der Waals surface area contributed by atoms with Crippen LogP contribution in [0, 0.1) is 16.2 Å². The highest BCUT2D eigenvalue weighted by atomic mass is 16.6. The van der Waals surface area contributed by atoms with Gasteiger partial charge in [-0.2, -0.15) is 0 Å². The van der Waals surface area contributed by atoms with E-state index in [4.69, 9.17) is 18.9 Å². The molecule has 1 fully saturated rings. The Morgan fingerprint density at radius 3 is 2.09 bits per heavy atom. The lowest BCUT2D eigenvalue weighted by molar-refractivity contribution is -0.168. The van der Waals surface area contributed by atoms with Crippen molar-refractivity contribution in [2.24, 2.45) is 16.2 Å². The summed E-state index contributed by atoms with van der Waals surface area (Å²) in [6.07, 6.45) is 0.742. The lowest BCUT2D eigenvalue weighted by Gasteiger charge is -2.39. The quantitative estimate of drug-likeness (QED) is 0.270. The Labute approximate surface area is 190 Å². The van der Waals surface area contributed by atoms with Gasteiger partial charge in [-0.3, -0.25) is 14.4 Å². The Morgan fingerprint density at radius 1 is 0.938 bits per heavy atom. The third kappa shape index (κ3) is 6.79. The molecule has 2 rings (SSSR count). The van der Waals surface area contributed by atoms with Crippen molar-refractivity contribution in [1.82, 2.24) is 0 Å². The van der Waals surface area contributed by atoms with Crippen molar-refractivity contribution in [1.29, 1.82) is 0 Å².